The van der Waals surface area contributed by atoms with E-state index in [-0.39, 0.29) is 19.0 Å². The number of hydrogen-bond donors (Lipinski definition) is 3. The Morgan fingerprint density at radius 3 is 2.11 bits per heavy atom. The zero-order valence-corrected chi connectivity index (χ0v) is 11.6. The highest BCUT2D eigenvalue weighted by Crippen LogP contribution is 1.97. The molecule has 2 atom stereocenters. The van der Waals surface area contributed by atoms with Crippen molar-refractivity contribution in [2.45, 2.75) is 26.0 Å². The van der Waals surface area contributed by atoms with Crippen LogP contribution in [0.3, 0.4) is 0 Å². The first-order chi connectivity index (χ1) is 8.70. The summed E-state index contributed by atoms with van der Waals surface area (Å²) in [5.41, 5.74) is 0. The maximum absolute atomic E-state index is 11.8. The van der Waals surface area contributed by atoms with Gasteiger partial charge in [-0.25, -0.2) is 9.59 Å². The van der Waals surface area contributed by atoms with Gasteiger partial charge in [-0.2, -0.15) is 0 Å². The topological polar surface area (TPSA) is 110 Å². The molecule has 0 spiro atoms. The minimum atomic E-state index is -1.41. The molecule has 8 nitrogen and oxygen atoms in total. The minimum absolute atomic E-state index is 0.151. The molecule has 0 aliphatic carbocycles. The Labute approximate surface area is 112 Å². The second kappa shape index (κ2) is 7.57. The molecule has 0 aliphatic rings. The van der Waals surface area contributed by atoms with Crippen LogP contribution in [0.25, 0.3) is 0 Å². The predicted molar refractivity (Wildman–Crippen MR) is 67.6 cm³/mol. The summed E-state index contributed by atoms with van der Waals surface area (Å²) in [5.74, 6) is -1.61. The van der Waals surface area contributed by atoms with E-state index >= 15 is 0 Å². The molecule has 8 heteroatoms. The first kappa shape index (κ1) is 17.2. The van der Waals surface area contributed by atoms with Crippen LogP contribution in [0, 0.1) is 0 Å². The van der Waals surface area contributed by atoms with E-state index in [2.05, 4.69) is 5.32 Å². The van der Waals surface area contributed by atoms with Crippen molar-refractivity contribution in [3.63, 3.8) is 0 Å². The molecule has 0 radical (unpaired) electrons. The van der Waals surface area contributed by atoms with E-state index in [0.29, 0.717) is 0 Å². The predicted octanol–water partition coefficient (Wildman–Crippen LogP) is -1.06. The fourth-order valence-corrected chi connectivity index (χ4v) is 1.24. The number of carbonyl (C=O) groups excluding carboxylic acids is 2. The minimum Gasteiger partial charge on any atom is -0.480 e. The molecule has 3 N–H and O–H groups in total. The van der Waals surface area contributed by atoms with Gasteiger partial charge in [0, 0.05) is 20.6 Å². The van der Waals surface area contributed by atoms with Gasteiger partial charge < -0.3 is 25.3 Å². The number of nitrogens with zero attached hydrogens (tertiary/aromatic N) is 2. The molecule has 3 amide bonds. The zero-order valence-electron chi connectivity index (χ0n) is 11.6. The average Bonchev–Trinajstić information content (AvgIpc) is 2.31. The van der Waals surface area contributed by atoms with Crippen molar-refractivity contribution in [3.8, 4) is 0 Å². The number of hydrogen-bond acceptors (Lipinski definition) is 4. The summed E-state index contributed by atoms with van der Waals surface area (Å²) in [4.78, 5) is 36.7. The van der Waals surface area contributed by atoms with Crippen LogP contribution in [0.5, 0.6) is 0 Å². The van der Waals surface area contributed by atoms with Gasteiger partial charge in [-0.3, -0.25) is 4.79 Å². The molecule has 19 heavy (non-hydrogen) atoms. The SMILES string of the molecule is CCN(CC(=O)N(C)C)C(=O)N[C@H](C(=O)O)[C@@H](C)O. The second-order valence-corrected chi connectivity index (χ2v) is 4.31. The van der Waals surface area contributed by atoms with E-state index in [1.54, 1.807) is 21.0 Å². The quantitative estimate of drug-likeness (QED) is 0.572. The lowest BCUT2D eigenvalue weighted by Crippen LogP contribution is -2.53. The monoisotopic (exact) mass is 275 g/mol. The van der Waals surface area contributed by atoms with E-state index in [0.717, 1.165) is 0 Å². The highest BCUT2D eigenvalue weighted by molar-refractivity contribution is 5.86. The van der Waals surface area contributed by atoms with Crippen molar-refractivity contribution < 1.29 is 24.6 Å². The molecule has 0 aromatic rings. The molecular formula is C11H21N3O5. The van der Waals surface area contributed by atoms with Crippen molar-refractivity contribution in [3.05, 3.63) is 0 Å². The van der Waals surface area contributed by atoms with Gasteiger partial charge in [-0.05, 0) is 13.8 Å². The second-order valence-electron chi connectivity index (χ2n) is 4.31. The van der Waals surface area contributed by atoms with Gasteiger partial charge in [0.05, 0.1) is 6.10 Å². The third-order valence-electron chi connectivity index (χ3n) is 2.52. The lowest BCUT2D eigenvalue weighted by atomic mass is 10.2. The summed E-state index contributed by atoms with van der Waals surface area (Å²) < 4.78 is 0. The Morgan fingerprint density at radius 2 is 1.79 bits per heavy atom. The molecule has 110 valence electrons. The first-order valence-corrected chi connectivity index (χ1v) is 5.87. The van der Waals surface area contributed by atoms with Gasteiger partial charge in [-0.1, -0.05) is 0 Å². The van der Waals surface area contributed by atoms with Crippen LogP contribution in [0.15, 0.2) is 0 Å². The number of aliphatic carboxylic acids is 1. The van der Waals surface area contributed by atoms with Gasteiger partial charge in [0.25, 0.3) is 0 Å². The maximum Gasteiger partial charge on any atom is 0.328 e. The summed E-state index contributed by atoms with van der Waals surface area (Å²) in [6, 6.07) is -2.11. The molecule has 0 aromatic carbocycles. The van der Waals surface area contributed by atoms with Gasteiger partial charge in [0.2, 0.25) is 5.91 Å². The normalized spacial score (nSPS) is 13.3. The van der Waals surface area contributed by atoms with Crippen molar-refractivity contribution in [2.24, 2.45) is 0 Å². The van der Waals surface area contributed by atoms with Gasteiger partial charge in [-0.15, -0.1) is 0 Å². The van der Waals surface area contributed by atoms with Crippen LogP contribution in [0.1, 0.15) is 13.8 Å². The number of aliphatic hydroxyl groups excluding tert-OH is 1. The third-order valence-corrected chi connectivity index (χ3v) is 2.52. The van der Waals surface area contributed by atoms with Crippen LogP contribution in [0.4, 0.5) is 4.79 Å². The highest BCUT2D eigenvalue weighted by Gasteiger charge is 2.27. The number of carbonyl (C=O) groups is 3. The molecule has 0 saturated heterocycles. The van der Waals surface area contributed by atoms with E-state index in [1.165, 1.54) is 16.7 Å². The number of carboxylic acid groups (broad SMARTS) is 1. The molecule has 0 fully saturated rings. The Balaban J connectivity index is 4.67. The van der Waals surface area contributed by atoms with Crippen LogP contribution < -0.4 is 5.32 Å². The molecule has 0 heterocycles. The molecule has 0 aromatic heterocycles. The zero-order chi connectivity index (χ0) is 15.2. The van der Waals surface area contributed by atoms with Gasteiger partial charge in [0.15, 0.2) is 6.04 Å². The largest absolute Gasteiger partial charge is 0.480 e. The molecule has 0 aliphatic heterocycles. The van der Waals surface area contributed by atoms with Crippen molar-refractivity contribution >= 4 is 17.9 Å². The van der Waals surface area contributed by atoms with Gasteiger partial charge in [0.1, 0.15) is 6.54 Å². The summed E-state index contributed by atoms with van der Waals surface area (Å²) in [6.45, 7) is 3.03. The van der Waals surface area contributed by atoms with E-state index in [4.69, 9.17) is 5.11 Å². The Hall–Kier alpha value is -1.83. The number of rotatable bonds is 6. The molecule has 0 rings (SSSR count). The van der Waals surface area contributed by atoms with E-state index < -0.39 is 24.1 Å². The molecule has 0 bridgehead atoms. The van der Waals surface area contributed by atoms with Crippen molar-refractivity contribution in [1.82, 2.24) is 15.1 Å². The first-order valence-electron chi connectivity index (χ1n) is 5.87. The highest BCUT2D eigenvalue weighted by atomic mass is 16.4. The average molecular weight is 275 g/mol. The fourth-order valence-electron chi connectivity index (χ4n) is 1.24. The van der Waals surface area contributed by atoms with E-state index in [1.807, 2.05) is 0 Å². The Kier molecular flexibility index (Phi) is 6.84. The molecular weight excluding hydrogens is 254 g/mol. The van der Waals surface area contributed by atoms with Gasteiger partial charge >= 0.3 is 12.0 Å². The number of likely N-dealkylation sites (N-methyl/N-ethyl adjacent to an activating group) is 2. The summed E-state index contributed by atoms with van der Waals surface area (Å²) >= 11 is 0. The van der Waals surface area contributed by atoms with Crippen LogP contribution in [0.2, 0.25) is 0 Å². The lowest BCUT2D eigenvalue weighted by molar-refractivity contribution is -0.141. The van der Waals surface area contributed by atoms with Crippen LogP contribution in [-0.2, 0) is 9.59 Å². The summed E-state index contributed by atoms with van der Waals surface area (Å²) in [6.07, 6.45) is -1.23. The third kappa shape index (κ3) is 5.56. The smallest absolute Gasteiger partial charge is 0.328 e. The standard InChI is InChI=1S/C11H21N3O5/c1-5-14(6-8(16)13(3)4)11(19)12-9(7(2)15)10(17)18/h7,9,15H,5-6H2,1-4H3,(H,12,19)(H,17,18)/t7-,9+/m1/s1. The maximum atomic E-state index is 11.8. The Morgan fingerprint density at radius 1 is 1.26 bits per heavy atom. The number of urea groups is 1. The summed E-state index contributed by atoms with van der Waals surface area (Å²) in [7, 11) is 3.12. The molecule has 0 unspecified atom stereocenters. The van der Waals surface area contributed by atoms with Crippen LogP contribution >= 0.6 is 0 Å². The number of amides is 3. The van der Waals surface area contributed by atoms with E-state index in [9.17, 15) is 19.5 Å². The number of aliphatic hydroxyl groups is 1. The van der Waals surface area contributed by atoms with Crippen LogP contribution in [-0.4, -0.2) is 77.3 Å². The number of nitrogens with one attached hydrogen (secondary N) is 1. The summed E-state index contributed by atoms with van der Waals surface area (Å²) in [5, 5.41) is 20.3. The van der Waals surface area contributed by atoms with Crippen molar-refractivity contribution in [2.75, 3.05) is 27.2 Å². The number of carboxylic acids is 1. The fraction of sp³-hybridized carbons (Fsp3) is 0.727. The Bertz CT molecular complexity index is 343. The lowest BCUT2D eigenvalue weighted by Gasteiger charge is -2.25. The van der Waals surface area contributed by atoms with Crippen molar-refractivity contribution in [1.29, 1.82) is 0 Å². The molecule has 0 saturated carbocycles.